The van der Waals surface area contributed by atoms with Gasteiger partial charge in [-0.05, 0) is 17.5 Å². The van der Waals surface area contributed by atoms with Gasteiger partial charge in [0.15, 0.2) is 0 Å². The molecule has 0 N–H and O–H groups in total. The molecule has 2 aromatic rings. The summed E-state index contributed by atoms with van der Waals surface area (Å²) >= 11 is 5.60. The van der Waals surface area contributed by atoms with Crippen LogP contribution < -0.4 is 0 Å². The normalized spacial score (nSPS) is 14.1. The molecule has 0 aliphatic carbocycles. The smallest absolute Gasteiger partial charge is 0.109 e. The third-order valence-electron chi connectivity index (χ3n) is 3.44. The average molecular weight is 253 g/mol. The van der Waals surface area contributed by atoms with Crippen LogP contribution in [-0.2, 0) is 13.0 Å². The van der Waals surface area contributed by atoms with E-state index >= 15 is 0 Å². The Labute approximate surface area is 113 Å². The van der Waals surface area contributed by atoms with E-state index < -0.39 is 0 Å². The molecule has 2 heteroatoms. The fraction of sp³-hybridized carbons (Fsp3) is 0.188. The third-order valence-corrected chi connectivity index (χ3v) is 3.93. The second kappa shape index (κ2) is 4.91. The van der Waals surface area contributed by atoms with Gasteiger partial charge in [0, 0.05) is 18.7 Å². The van der Waals surface area contributed by atoms with Crippen LogP contribution in [0.4, 0.5) is 0 Å². The predicted octanol–water partition coefficient (Wildman–Crippen LogP) is 3.42. The lowest BCUT2D eigenvalue weighted by Gasteiger charge is -2.31. The minimum absolute atomic E-state index is 0.934. The van der Waals surface area contributed by atoms with Crippen LogP contribution in [0.5, 0.6) is 0 Å². The zero-order chi connectivity index (χ0) is 12.4. The quantitative estimate of drug-likeness (QED) is 0.716. The molecular weight excluding hydrogens is 238 g/mol. The van der Waals surface area contributed by atoms with Crippen LogP contribution in [0.2, 0.25) is 0 Å². The summed E-state index contributed by atoms with van der Waals surface area (Å²) < 4.78 is 0. The first kappa shape index (κ1) is 11.4. The lowest BCUT2D eigenvalue weighted by Crippen LogP contribution is -2.35. The molecule has 1 heterocycles. The molecule has 0 amide bonds. The van der Waals surface area contributed by atoms with Crippen molar-refractivity contribution >= 4 is 17.2 Å². The fourth-order valence-electron chi connectivity index (χ4n) is 2.43. The monoisotopic (exact) mass is 253 g/mol. The van der Waals surface area contributed by atoms with Crippen molar-refractivity contribution in [1.29, 1.82) is 0 Å². The van der Waals surface area contributed by atoms with Crippen molar-refractivity contribution in [1.82, 2.24) is 4.90 Å². The molecule has 1 nitrogen and oxygen atoms in total. The van der Waals surface area contributed by atoms with Gasteiger partial charge >= 0.3 is 0 Å². The van der Waals surface area contributed by atoms with E-state index in [2.05, 4.69) is 41.3 Å². The highest BCUT2D eigenvalue weighted by molar-refractivity contribution is 7.80. The number of hydrogen-bond acceptors (Lipinski definition) is 1. The third kappa shape index (κ3) is 2.16. The van der Waals surface area contributed by atoms with Crippen LogP contribution in [0, 0.1) is 0 Å². The van der Waals surface area contributed by atoms with E-state index in [1.54, 1.807) is 0 Å². The Kier molecular flexibility index (Phi) is 3.11. The number of nitrogens with zero attached hydrogens (tertiary/aromatic N) is 1. The SMILES string of the molecule is S=C(c1ccccc1)N1CCc2ccccc2C1. The number of thiocarbonyl (C=S) groups is 1. The first-order chi connectivity index (χ1) is 8.84. The van der Waals surface area contributed by atoms with Crippen molar-refractivity contribution in [3.8, 4) is 0 Å². The Morgan fingerprint density at radius 2 is 1.56 bits per heavy atom. The van der Waals surface area contributed by atoms with Crippen LogP contribution in [0.3, 0.4) is 0 Å². The van der Waals surface area contributed by atoms with E-state index in [-0.39, 0.29) is 0 Å². The van der Waals surface area contributed by atoms with Gasteiger partial charge in [-0.1, -0.05) is 66.8 Å². The summed E-state index contributed by atoms with van der Waals surface area (Å²) in [5.41, 5.74) is 4.01. The highest BCUT2D eigenvalue weighted by Crippen LogP contribution is 2.20. The molecular formula is C16H15NS. The summed E-state index contributed by atoms with van der Waals surface area (Å²) in [6.45, 7) is 1.95. The van der Waals surface area contributed by atoms with E-state index in [1.165, 1.54) is 11.1 Å². The van der Waals surface area contributed by atoms with Gasteiger partial charge in [0.25, 0.3) is 0 Å². The Hall–Kier alpha value is -1.67. The lowest BCUT2D eigenvalue weighted by atomic mass is 9.99. The Morgan fingerprint density at radius 3 is 2.33 bits per heavy atom. The van der Waals surface area contributed by atoms with Crippen molar-refractivity contribution in [3.05, 3.63) is 71.3 Å². The van der Waals surface area contributed by atoms with Crippen molar-refractivity contribution in [2.24, 2.45) is 0 Å². The number of hydrogen-bond donors (Lipinski definition) is 0. The Balaban J connectivity index is 1.82. The molecule has 3 rings (SSSR count). The van der Waals surface area contributed by atoms with Crippen molar-refractivity contribution < 1.29 is 0 Å². The van der Waals surface area contributed by atoms with Crippen LogP contribution >= 0.6 is 12.2 Å². The maximum atomic E-state index is 5.60. The van der Waals surface area contributed by atoms with Gasteiger partial charge in [-0.3, -0.25) is 0 Å². The van der Waals surface area contributed by atoms with Crippen molar-refractivity contribution in [2.45, 2.75) is 13.0 Å². The summed E-state index contributed by atoms with van der Waals surface area (Å²) in [5.74, 6) is 0. The zero-order valence-electron chi connectivity index (χ0n) is 10.2. The summed E-state index contributed by atoms with van der Waals surface area (Å²) in [4.78, 5) is 3.26. The Bertz CT molecular complexity index is 562. The minimum atomic E-state index is 0.934. The second-order valence-corrected chi connectivity index (χ2v) is 5.00. The van der Waals surface area contributed by atoms with Crippen LogP contribution in [-0.4, -0.2) is 16.4 Å². The van der Waals surface area contributed by atoms with Gasteiger partial charge in [0.05, 0.1) is 0 Å². The van der Waals surface area contributed by atoms with E-state index in [4.69, 9.17) is 12.2 Å². The molecule has 0 radical (unpaired) electrons. The fourth-order valence-corrected chi connectivity index (χ4v) is 2.72. The van der Waals surface area contributed by atoms with Crippen LogP contribution in [0.1, 0.15) is 16.7 Å². The molecule has 1 aliphatic rings. The molecule has 0 aromatic heterocycles. The number of rotatable bonds is 1. The molecule has 0 atom stereocenters. The number of fused-ring (bicyclic) bond motifs is 1. The summed E-state index contributed by atoms with van der Waals surface area (Å²) in [6.07, 6.45) is 1.09. The summed E-state index contributed by atoms with van der Waals surface area (Å²) in [7, 11) is 0. The minimum Gasteiger partial charge on any atom is -0.358 e. The largest absolute Gasteiger partial charge is 0.358 e. The van der Waals surface area contributed by atoms with Crippen molar-refractivity contribution in [2.75, 3.05) is 6.54 Å². The molecule has 2 aromatic carbocycles. The van der Waals surface area contributed by atoms with E-state index in [1.807, 2.05) is 18.2 Å². The first-order valence-corrected chi connectivity index (χ1v) is 6.66. The zero-order valence-corrected chi connectivity index (χ0v) is 11.0. The molecule has 90 valence electrons. The number of benzene rings is 2. The van der Waals surface area contributed by atoms with E-state index in [9.17, 15) is 0 Å². The van der Waals surface area contributed by atoms with Gasteiger partial charge < -0.3 is 4.90 Å². The molecule has 0 unspecified atom stereocenters. The molecule has 0 saturated carbocycles. The van der Waals surface area contributed by atoms with Crippen LogP contribution in [0.15, 0.2) is 54.6 Å². The van der Waals surface area contributed by atoms with Gasteiger partial charge in [-0.25, -0.2) is 0 Å². The lowest BCUT2D eigenvalue weighted by molar-refractivity contribution is 0.401. The standard InChI is InChI=1S/C16H15NS/c18-16(14-7-2-1-3-8-14)17-11-10-13-6-4-5-9-15(13)12-17/h1-9H,10-12H2. The maximum Gasteiger partial charge on any atom is 0.109 e. The first-order valence-electron chi connectivity index (χ1n) is 6.26. The maximum absolute atomic E-state index is 5.60. The van der Waals surface area contributed by atoms with Gasteiger partial charge in [-0.15, -0.1) is 0 Å². The van der Waals surface area contributed by atoms with Crippen molar-refractivity contribution in [3.63, 3.8) is 0 Å². The van der Waals surface area contributed by atoms with Gasteiger partial charge in [0.2, 0.25) is 0 Å². The van der Waals surface area contributed by atoms with Gasteiger partial charge in [-0.2, -0.15) is 0 Å². The van der Waals surface area contributed by atoms with Crippen LogP contribution in [0.25, 0.3) is 0 Å². The highest BCUT2D eigenvalue weighted by atomic mass is 32.1. The molecule has 18 heavy (non-hydrogen) atoms. The van der Waals surface area contributed by atoms with Gasteiger partial charge in [0.1, 0.15) is 4.99 Å². The summed E-state index contributed by atoms with van der Waals surface area (Å²) in [6, 6.07) is 18.9. The Morgan fingerprint density at radius 1 is 0.889 bits per heavy atom. The molecule has 0 saturated heterocycles. The highest BCUT2D eigenvalue weighted by Gasteiger charge is 2.18. The van der Waals surface area contributed by atoms with E-state index in [0.717, 1.165) is 30.1 Å². The molecule has 0 spiro atoms. The molecule has 0 bridgehead atoms. The molecule has 0 fully saturated rings. The second-order valence-electron chi connectivity index (χ2n) is 4.61. The average Bonchev–Trinajstić information content (AvgIpc) is 2.47. The molecule has 1 aliphatic heterocycles. The van der Waals surface area contributed by atoms with E-state index in [0.29, 0.717) is 0 Å². The predicted molar refractivity (Wildman–Crippen MR) is 78.7 cm³/mol. The summed E-state index contributed by atoms with van der Waals surface area (Å²) in [5, 5.41) is 0. The topological polar surface area (TPSA) is 3.24 Å².